The molecule has 0 unspecified atom stereocenters. The fourth-order valence-electron chi connectivity index (χ4n) is 4.78. The van der Waals surface area contributed by atoms with Gasteiger partial charge in [0.2, 0.25) is 5.91 Å². The fraction of sp³-hybridized carbons (Fsp3) is 0.762. The van der Waals surface area contributed by atoms with Crippen molar-refractivity contribution in [2.24, 2.45) is 5.92 Å². The lowest BCUT2D eigenvalue weighted by Crippen LogP contribution is -2.52. The summed E-state index contributed by atoms with van der Waals surface area (Å²) in [7, 11) is 0. The molecule has 3 fully saturated rings. The minimum absolute atomic E-state index is 0.176. The van der Waals surface area contributed by atoms with Gasteiger partial charge in [-0.1, -0.05) is 0 Å². The van der Waals surface area contributed by atoms with Crippen molar-refractivity contribution in [3.8, 4) is 0 Å². The maximum absolute atomic E-state index is 12.9. The predicted octanol–water partition coefficient (Wildman–Crippen LogP) is 1.32. The van der Waals surface area contributed by atoms with Crippen molar-refractivity contribution in [3.05, 3.63) is 23.8 Å². The van der Waals surface area contributed by atoms with Gasteiger partial charge in [-0.2, -0.15) is 0 Å². The van der Waals surface area contributed by atoms with Gasteiger partial charge in [0.1, 0.15) is 5.82 Å². The zero-order valence-corrected chi connectivity index (χ0v) is 17.1. The maximum Gasteiger partial charge on any atom is 0.227 e. The number of aromatic nitrogens is 2. The highest BCUT2D eigenvalue weighted by molar-refractivity contribution is 5.79. The van der Waals surface area contributed by atoms with Crippen molar-refractivity contribution in [3.63, 3.8) is 0 Å². The first-order chi connectivity index (χ1) is 13.7. The number of aryl methyl sites for hydroxylation is 1. The number of nitrogens with zero attached hydrogens (tertiary/aromatic N) is 5. The molecule has 3 saturated heterocycles. The first-order valence-corrected chi connectivity index (χ1v) is 10.8. The number of piperidine rings is 2. The summed E-state index contributed by atoms with van der Waals surface area (Å²) in [6.45, 7) is 10.0. The van der Waals surface area contributed by atoms with E-state index < -0.39 is 0 Å². The van der Waals surface area contributed by atoms with Crippen molar-refractivity contribution >= 4 is 5.91 Å². The number of carbonyl (C=O) groups excluding carboxylic acids is 1. The van der Waals surface area contributed by atoms with Crippen LogP contribution in [0.15, 0.2) is 12.4 Å². The van der Waals surface area contributed by atoms with Crippen molar-refractivity contribution in [1.82, 2.24) is 24.7 Å². The fourth-order valence-corrected chi connectivity index (χ4v) is 4.78. The summed E-state index contributed by atoms with van der Waals surface area (Å²) in [4.78, 5) is 28.6. The van der Waals surface area contributed by atoms with Crippen LogP contribution in [0.2, 0.25) is 0 Å². The van der Waals surface area contributed by atoms with E-state index in [1.165, 1.54) is 18.4 Å². The quantitative estimate of drug-likeness (QED) is 0.777. The number of ether oxygens (including phenoxy) is 1. The molecule has 28 heavy (non-hydrogen) atoms. The van der Waals surface area contributed by atoms with Gasteiger partial charge in [0.05, 0.1) is 19.1 Å². The summed E-state index contributed by atoms with van der Waals surface area (Å²) in [5.74, 6) is 1.35. The standard InChI is InChI=1S/C21H33N5O2/c1-17-22-13-18(14-23-17)15-24-7-4-20(5-8-24)26-6-2-3-19(16-26)21(27)25-9-11-28-12-10-25/h13-14,19-20H,2-12,15-16H2,1H3/t19-/m1/s1. The Hall–Kier alpha value is -1.57. The van der Waals surface area contributed by atoms with Crippen molar-refractivity contribution in [2.45, 2.75) is 45.2 Å². The highest BCUT2D eigenvalue weighted by Gasteiger charge is 2.33. The first kappa shape index (κ1) is 19.7. The van der Waals surface area contributed by atoms with Crippen LogP contribution in [0.25, 0.3) is 0 Å². The van der Waals surface area contributed by atoms with Gasteiger partial charge in [-0.15, -0.1) is 0 Å². The van der Waals surface area contributed by atoms with Crippen LogP contribution in [0.4, 0.5) is 0 Å². The second kappa shape index (κ2) is 9.29. The van der Waals surface area contributed by atoms with Gasteiger partial charge in [0.25, 0.3) is 0 Å². The molecule has 7 nitrogen and oxygen atoms in total. The van der Waals surface area contributed by atoms with Crippen LogP contribution in [-0.4, -0.2) is 89.1 Å². The lowest BCUT2D eigenvalue weighted by molar-refractivity contribution is -0.142. The largest absolute Gasteiger partial charge is 0.378 e. The zero-order valence-electron chi connectivity index (χ0n) is 17.1. The molecule has 1 aromatic rings. The summed E-state index contributed by atoms with van der Waals surface area (Å²) < 4.78 is 5.40. The van der Waals surface area contributed by atoms with Crippen LogP contribution in [0.3, 0.4) is 0 Å². The molecule has 0 bridgehead atoms. The summed E-state index contributed by atoms with van der Waals surface area (Å²) >= 11 is 0. The Morgan fingerprint density at radius 3 is 2.50 bits per heavy atom. The van der Waals surface area contributed by atoms with Crippen LogP contribution in [0.5, 0.6) is 0 Å². The van der Waals surface area contributed by atoms with E-state index in [9.17, 15) is 4.79 Å². The molecule has 0 radical (unpaired) electrons. The number of hydrogen-bond acceptors (Lipinski definition) is 6. The zero-order chi connectivity index (χ0) is 19.3. The number of carbonyl (C=O) groups is 1. The Morgan fingerprint density at radius 1 is 1.07 bits per heavy atom. The van der Waals surface area contributed by atoms with Crippen LogP contribution in [0.1, 0.15) is 37.1 Å². The second-order valence-corrected chi connectivity index (χ2v) is 8.42. The molecule has 4 rings (SSSR count). The Morgan fingerprint density at radius 2 is 1.79 bits per heavy atom. The molecule has 0 N–H and O–H groups in total. The van der Waals surface area contributed by atoms with E-state index in [1.807, 2.05) is 24.2 Å². The van der Waals surface area contributed by atoms with Gasteiger partial charge in [-0.05, 0) is 52.2 Å². The monoisotopic (exact) mass is 387 g/mol. The molecular weight excluding hydrogens is 354 g/mol. The predicted molar refractivity (Wildman–Crippen MR) is 107 cm³/mol. The Bertz CT molecular complexity index is 639. The van der Waals surface area contributed by atoms with Gasteiger partial charge in [-0.25, -0.2) is 9.97 Å². The van der Waals surface area contributed by atoms with Crippen molar-refractivity contribution in [1.29, 1.82) is 0 Å². The van der Waals surface area contributed by atoms with Crippen LogP contribution >= 0.6 is 0 Å². The molecule has 3 aliphatic heterocycles. The Kier molecular flexibility index (Phi) is 6.54. The molecular formula is C21H33N5O2. The summed E-state index contributed by atoms with van der Waals surface area (Å²) in [5.41, 5.74) is 1.19. The molecule has 7 heteroatoms. The third kappa shape index (κ3) is 4.88. The number of hydrogen-bond donors (Lipinski definition) is 0. The average Bonchev–Trinajstić information content (AvgIpc) is 2.76. The molecule has 0 aromatic carbocycles. The van der Waals surface area contributed by atoms with Gasteiger partial charge >= 0.3 is 0 Å². The second-order valence-electron chi connectivity index (χ2n) is 8.42. The van der Waals surface area contributed by atoms with E-state index in [4.69, 9.17) is 4.74 Å². The number of likely N-dealkylation sites (tertiary alicyclic amines) is 2. The van der Waals surface area contributed by atoms with E-state index in [-0.39, 0.29) is 5.92 Å². The number of morpholine rings is 1. The third-order valence-electron chi connectivity index (χ3n) is 6.44. The average molecular weight is 388 g/mol. The lowest BCUT2D eigenvalue weighted by Gasteiger charge is -2.43. The Balaban J connectivity index is 1.25. The third-order valence-corrected chi connectivity index (χ3v) is 6.44. The van der Waals surface area contributed by atoms with Crippen molar-refractivity contribution < 1.29 is 9.53 Å². The van der Waals surface area contributed by atoms with Gasteiger partial charge in [0, 0.05) is 50.2 Å². The SMILES string of the molecule is Cc1ncc(CN2CCC(N3CCC[C@@H](C(=O)N4CCOCC4)C3)CC2)cn1. The molecule has 1 amide bonds. The van der Waals surface area contributed by atoms with E-state index in [0.717, 1.165) is 64.5 Å². The summed E-state index contributed by atoms with van der Waals surface area (Å²) in [6.07, 6.45) is 8.44. The van der Waals surface area contributed by atoms with E-state index in [1.54, 1.807) is 0 Å². The van der Waals surface area contributed by atoms with E-state index in [2.05, 4.69) is 19.8 Å². The van der Waals surface area contributed by atoms with Gasteiger partial charge < -0.3 is 9.64 Å². The van der Waals surface area contributed by atoms with Crippen LogP contribution < -0.4 is 0 Å². The molecule has 0 spiro atoms. The van der Waals surface area contributed by atoms with Crippen molar-refractivity contribution in [2.75, 3.05) is 52.5 Å². The number of amides is 1. The summed E-state index contributed by atoms with van der Waals surface area (Å²) in [6, 6.07) is 0.616. The minimum Gasteiger partial charge on any atom is -0.378 e. The highest BCUT2D eigenvalue weighted by atomic mass is 16.5. The molecule has 154 valence electrons. The molecule has 4 heterocycles. The van der Waals surface area contributed by atoms with Gasteiger partial charge in [0.15, 0.2) is 0 Å². The topological polar surface area (TPSA) is 61.8 Å². The normalized spacial score (nSPS) is 25.8. The van der Waals surface area contributed by atoms with Crippen LogP contribution in [0, 0.1) is 12.8 Å². The lowest BCUT2D eigenvalue weighted by atomic mass is 9.92. The first-order valence-electron chi connectivity index (χ1n) is 10.8. The van der Waals surface area contributed by atoms with E-state index >= 15 is 0 Å². The van der Waals surface area contributed by atoms with E-state index in [0.29, 0.717) is 25.2 Å². The molecule has 1 atom stereocenters. The number of rotatable bonds is 4. The van der Waals surface area contributed by atoms with Gasteiger partial charge in [-0.3, -0.25) is 14.6 Å². The highest BCUT2D eigenvalue weighted by Crippen LogP contribution is 2.26. The summed E-state index contributed by atoms with van der Waals surface area (Å²) in [5, 5.41) is 0. The molecule has 3 aliphatic rings. The molecule has 0 aliphatic carbocycles. The molecule has 0 saturated carbocycles. The molecule has 1 aromatic heterocycles. The minimum atomic E-state index is 0.176. The maximum atomic E-state index is 12.9. The van der Waals surface area contributed by atoms with Crippen LogP contribution in [-0.2, 0) is 16.1 Å². The Labute approximate surface area is 168 Å². The smallest absolute Gasteiger partial charge is 0.227 e.